The molecule has 2 rings (SSSR count). The van der Waals surface area contributed by atoms with Crippen LogP contribution in [0, 0.1) is 11.3 Å². The number of fused-ring (bicyclic) bond motifs is 1. The monoisotopic (exact) mass is 191 g/mol. The predicted molar refractivity (Wildman–Crippen MR) is 49.2 cm³/mol. The van der Waals surface area contributed by atoms with E-state index in [0.717, 1.165) is 11.0 Å². The van der Waals surface area contributed by atoms with Gasteiger partial charge in [0, 0.05) is 13.2 Å². The lowest BCUT2D eigenvalue weighted by Gasteiger charge is -1.88. The second-order valence-corrected chi connectivity index (χ2v) is 2.46. The lowest BCUT2D eigenvalue weighted by Crippen LogP contribution is -1.90. The van der Waals surface area contributed by atoms with Crippen molar-refractivity contribution in [2.45, 2.75) is 0 Å². The van der Waals surface area contributed by atoms with E-state index in [9.17, 15) is 0 Å². The fourth-order valence-corrected chi connectivity index (χ4v) is 1.17. The minimum Gasteiger partial charge on any atom is -0.320 e. The van der Waals surface area contributed by atoms with Crippen LogP contribution >= 0.6 is 0 Å². The van der Waals surface area contributed by atoms with E-state index >= 15 is 0 Å². The number of hydrogen-bond acceptors (Lipinski definition) is 5. The zero-order valence-electron chi connectivity index (χ0n) is 7.55. The van der Waals surface area contributed by atoms with E-state index in [0.29, 0.717) is 5.69 Å². The number of aryl methyl sites for hydroxylation is 1. The van der Waals surface area contributed by atoms with Crippen molar-refractivity contribution in [3.63, 3.8) is 0 Å². The molecule has 72 valence electrons. The highest BCUT2D eigenvalue weighted by molar-refractivity contribution is 5.80. The summed E-state index contributed by atoms with van der Waals surface area (Å²) in [5, 5.41) is 20.0. The topological polar surface area (TPSA) is 101 Å². The van der Waals surface area contributed by atoms with Crippen molar-refractivity contribution in [3.8, 4) is 6.07 Å². The van der Waals surface area contributed by atoms with Crippen LogP contribution in [-0.4, -0.2) is 20.0 Å². The quantitative estimate of drug-likeness (QED) is 0.578. The summed E-state index contributed by atoms with van der Waals surface area (Å²) >= 11 is 0. The van der Waals surface area contributed by atoms with Gasteiger partial charge in [0.05, 0.1) is 5.39 Å². The molecule has 2 aromatic rings. The van der Waals surface area contributed by atoms with Crippen LogP contribution in [0.15, 0.2) is 18.3 Å². The molecule has 0 amide bonds. The molecule has 0 aliphatic heterocycles. The van der Waals surface area contributed by atoms with Gasteiger partial charge in [0.2, 0.25) is 0 Å². The zero-order chi connectivity index (χ0) is 10.6. The minimum absolute atomic E-state index is 0.431. The number of aromatic nitrogens is 3. The number of nitriles is 1. The van der Waals surface area contributed by atoms with Crippen LogP contribution in [0.3, 0.4) is 0 Å². The van der Waals surface area contributed by atoms with Crippen LogP contribution in [-0.2, 0) is 7.05 Å². The molecule has 0 atom stereocenters. The van der Waals surface area contributed by atoms with Gasteiger partial charge >= 0.3 is 0 Å². The van der Waals surface area contributed by atoms with Crippen molar-refractivity contribution < 1.29 is 5.21 Å². The lowest BCUT2D eigenvalue weighted by atomic mass is 10.3. The molecule has 6 nitrogen and oxygen atoms in total. The van der Waals surface area contributed by atoms with Crippen molar-refractivity contribution in [1.82, 2.24) is 14.8 Å². The van der Waals surface area contributed by atoms with E-state index in [1.807, 2.05) is 12.1 Å². The number of nitrogens with two attached hydrogens (primary N) is 1. The Morgan fingerprint density at radius 1 is 1.57 bits per heavy atom. The van der Waals surface area contributed by atoms with Crippen LogP contribution in [0.25, 0.3) is 11.0 Å². The van der Waals surface area contributed by atoms with Crippen molar-refractivity contribution >= 4 is 11.0 Å². The van der Waals surface area contributed by atoms with E-state index in [-0.39, 0.29) is 0 Å². The summed E-state index contributed by atoms with van der Waals surface area (Å²) in [5.74, 6) is 3.50. The largest absolute Gasteiger partial charge is 0.320 e. The van der Waals surface area contributed by atoms with Gasteiger partial charge in [-0.2, -0.15) is 10.4 Å². The molecule has 0 bridgehead atoms. The standard InChI is InChI=1S/C8H6N4.H3NO/c1-12-8-6(3-2-4-10-8)7(5-9)11-12;1-2/h2-4H,1H3;2H,1H2. The second kappa shape index (κ2) is 4.32. The van der Waals surface area contributed by atoms with E-state index in [1.165, 1.54) is 0 Å². The molecule has 0 unspecified atom stereocenters. The van der Waals surface area contributed by atoms with Crippen LogP contribution in [0.1, 0.15) is 5.69 Å². The Morgan fingerprint density at radius 3 is 2.93 bits per heavy atom. The van der Waals surface area contributed by atoms with Crippen LogP contribution in [0.5, 0.6) is 0 Å². The summed E-state index contributed by atoms with van der Waals surface area (Å²) in [6, 6.07) is 5.66. The Bertz CT molecular complexity index is 470. The third-order valence-corrected chi connectivity index (χ3v) is 1.70. The maximum atomic E-state index is 8.70. The van der Waals surface area contributed by atoms with E-state index in [4.69, 9.17) is 10.5 Å². The average molecular weight is 191 g/mol. The Morgan fingerprint density at radius 2 is 2.29 bits per heavy atom. The summed E-state index contributed by atoms with van der Waals surface area (Å²) < 4.78 is 1.61. The molecular formula is C8H9N5O. The fourth-order valence-electron chi connectivity index (χ4n) is 1.17. The first-order chi connectivity index (χ1) is 6.83. The van der Waals surface area contributed by atoms with Gasteiger partial charge in [-0.25, -0.2) is 15.6 Å². The molecule has 2 heterocycles. The summed E-state index contributed by atoms with van der Waals surface area (Å²) in [6.07, 6.45) is 1.69. The summed E-state index contributed by atoms with van der Waals surface area (Å²) in [7, 11) is 1.77. The van der Waals surface area contributed by atoms with Gasteiger partial charge in [-0.15, -0.1) is 0 Å². The Balaban J connectivity index is 0.000000461. The fraction of sp³-hybridized carbons (Fsp3) is 0.125. The van der Waals surface area contributed by atoms with Gasteiger partial charge in [0.1, 0.15) is 6.07 Å². The number of rotatable bonds is 0. The summed E-state index contributed by atoms with van der Waals surface area (Å²) in [5.41, 5.74) is 1.18. The molecule has 3 N–H and O–H groups in total. The Kier molecular flexibility index (Phi) is 3.12. The SMILES string of the molecule is Cn1nc(C#N)c2cccnc21.NO. The highest BCUT2D eigenvalue weighted by Crippen LogP contribution is 2.13. The van der Waals surface area contributed by atoms with Gasteiger partial charge in [0.15, 0.2) is 11.3 Å². The van der Waals surface area contributed by atoms with Gasteiger partial charge < -0.3 is 5.21 Å². The zero-order valence-corrected chi connectivity index (χ0v) is 7.55. The minimum atomic E-state index is 0.431. The number of nitrogens with zero attached hydrogens (tertiary/aromatic N) is 4. The third kappa shape index (κ3) is 1.54. The highest BCUT2D eigenvalue weighted by atomic mass is 16.4. The first-order valence-corrected chi connectivity index (χ1v) is 3.76. The van der Waals surface area contributed by atoms with Crippen molar-refractivity contribution in [2.75, 3.05) is 0 Å². The third-order valence-electron chi connectivity index (χ3n) is 1.70. The molecule has 0 radical (unpaired) electrons. The maximum Gasteiger partial charge on any atom is 0.171 e. The molecule has 0 spiro atoms. The Labute approximate surface area is 80.2 Å². The lowest BCUT2D eigenvalue weighted by molar-refractivity contribution is 0.311. The summed E-state index contributed by atoms with van der Waals surface area (Å²) in [6.45, 7) is 0. The molecule has 0 aliphatic carbocycles. The van der Waals surface area contributed by atoms with Crippen molar-refractivity contribution in [3.05, 3.63) is 24.0 Å². The molecular weight excluding hydrogens is 182 g/mol. The normalized spacial score (nSPS) is 9.00. The first-order valence-electron chi connectivity index (χ1n) is 3.76. The smallest absolute Gasteiger partial charge is 0.171 e. The molecule has 0 aromatic carbocycles. The molecule has 14 heavy (non-hydrogen) atoms. The summed E-state index contributed by atoms with van der Waals surface area (Å²) in [4.78, 5) is 4.10. The first kappa shape index (κ1) is 10.1. The predicted octanol–water partition coefficient (Wildman–Crippen LogP) is 0.174. The molecule has 0 saturated carbocycles. The second-order valence-electron chi connectivity index (χ2n) is 2.46. The van der Waals surface area contributed by atoms with E-state index in [1.54, 1.807) is 24.0 Å². The van der Waals surface area contributed by atoms with Crippen LogP contribution in [0.2, 0.25) is 0 Å². The van der Waals surface area contributed by atoms with E-state index < -0.39 is 0 Å². The van der Waals surface area contributed by atoms with Gasteiger partial charge in [-0.1, -0.05) is 0 Å². The maximum absolute atomic E-state index is 8.70. The average Bonchev–Trinajstić information content (AvgIpc) is 2.59. The number of pyridine rings is 1. The van der Waals surface area contributed by atoms with Crippen molar-refractivity contribution in [2.24, 2.45) is 12.9 Å². The Hall–Kier alpha value is -1.97. The van der Waals surface area contributed by atoms with Crippen LogP contribution in [0.4, 0.5) is 0 Å². The van der Waals surface area contributed by atoms with Gasteiger partial charge in [-0.05, 0) is 12.1 Å². The highest BCUT2D eigenvalue weighted by Gasteiger charge is 2.06. The van der Waals surface area contributed by atoms with Crippen molar-refractivity contribution in [1.29, 1.82) is 5.26 Å². The van der Waals surface area contributed by atoms with Gasteiger partial charge in [0.25, 0.3) is 0 Å². The molecule has 6 heteroatoms. The van der Waals surface area contributed by atoms with Gasteiger partial charge in [-0.3, -0.25) is 0 Å². The molecule has 0 saturated heterocycles. The molecule has 0 aliphatic rings. The van der Waals surface area contributed by atoms with E-state index in [2.05, 4.69) is 16.0 Å². The molecule has 2 aromatic heterocycles. The number of hydrogen-bond donors (Lipinski definition) is 2. The molecule has 0 fully saturated rings. The van der Waals surface area contributed by atoms with Crippen LogP contribution < -0.4 is 5.90 Å².